The molecule has 1 amide bonds. The average molecular weight is 386 g/mol. The Bertz CT molecular complexity index is 799. The number of nitrogens with zero attached hydrogens (tertiary/aromatic N) is 3. The lowest BCUT2D eigenvalue weighted by Crippen LogP contribution is -2.50. The average Bonchev–Trinajstić information content (AvgIpc) is 3.20. The largest absolute Gasteiger partial charge is 0.377 e. The molecule has 144 valence electrons. The van der Waals surface area contributed by atoms with Gasteiger partial charge in [-0.05, 0) is 37.5 Å². The number of carbonyl (C=O) groups excluding carboxylic acids is 1. The molecule has 0 N–H and O–H groups in total. The van der Waals surface area contributed by atoms with E-state index in [1.807, 2.05) is 23.1 Å². The maximum Gasteiger partial charge on any atom is 0.233 e. The number of aromatic nitrogens is 1. The third-order valence-corrected chi connectivity index (χ3v) is 6.35. The smallest absolute Gasteiger partial charge is 0.233 e. The lowest BCUT2D eigenvalue weighted by Gasteiger charge is -2.35. The Labute approximate surface area is 165 Å². The number of piperazine rings is 1. The van der Waals surface area contributed by atoms with E-state index in [-0.39, 0.29) is 5.91 Å². The highest BCUT2D eigenvalue weighted by Gasteiger charge is 2.24. The van der Waals surface area contributed by atoms with E-state index in [0.29, 0.717) is 11.9 Å². The van der Waals surface area contributed by atoms with Gasteiger partial charge in [0, 0.05) is 44.7 Å². The highest BCUT2D eigenvalue weighted by molar-refractivity contribution is 7.99. The summed E-state index contributed by atoms with van der Waals surface area (Å²) in [6.07, 6.45) is 2.75. The standard InChI is InChI=1S/C21H27N3O2S/c1-16-13-20(22-19-7-3-2-6-18(16)19)27-15-21(25)24-10-8-23(9-11-24)14-17-5-4-12-26-17/h2-3,6-7,13,17H,4-5,8-12,14-15H2,1H3. The number of pyridine rings is 1. The summed E-state index contributed by atoms with van der Waals surface area (Å²) in [4.78, 5) is 21.7. The lowest BCUT2D eigenvalue weighted by molar-refractivity contribution is -0.130. The molecule has 6 heteroatoms. The molecule has 1 aromatic heterocycles. The highest BCUT2D eigenvalue weighted by Crippen LogP contribution is 2.24. The van der Waals surface area contributed by atoms with Crippen molar-refractivity contribution >= 4 is 28.6 Å². The van der Waals surface area contributed by atoms with Crippen molar-refractivity contribution in [3.8, 4) is 0 Å². The van der Waals surface area contributed by atoms with Crippen molar-refractivity contribution in [3.63, 3.8) is 0 Å². The van der Waals surface area contributed by atoms with Crippen LogP contribution in [0.2, 0.25) is 0 Å². The van der Waals surface area contributed by atoms with Crippen LogP contribution in [0.1, 0.15) is 18.4 Å². The zero-order chi connectivity index (χ0) is 18.6. The summed E-state index contributed by atoms with van der Waals surface area (Å²) in [6, 6.07) is 10.2. The molecule has 0 saturated carbocycles. The van der Waals surface area contributed by atoms with E-state index in [1.54, 1.807) is 11.8 Å². The Morgan fingerprint density at radius 3 is 2.85 bits per heavy atom. The zero-order valence-electron chi connectivity index (χ0n) is 15.9. The van der Waals surface area contributed by atoms with E-state index in [2.05, 4.69) is 24.0 Å². The van der Waals surface area contributed by atoms with Crippen LogP contribution in [0.25, 0.3) is 10.9 Å². The topological polar surface area (TPSA) is 45.7 Å². The molecule has 2 aliphatic rings. The van der Waals surface area contributed by atoms with Crippen molar-refractivity contribution in [2.75, 3.05) is 45.1 Å². The fourth-order valence-corrected chi connectivity index (χ4v) is 4.75. The molecule has 0 spiro atoms. The number of thioether (sulfide) groups is 1. The fourth-order valence-electron chi connectivity index (χ4n) is 3.88. The molecule has 27 heavy (non-hydrogen) atoms. The van der Waals surface area contributed by atoms with Gasteiger partial charge in [-0.15, -0.1) is 0 Å². The molecule has 2 fully saturated rings. The first kappa shape index (κ1) is 18.7. The van der Waals surface area contributed by atoms with E-state index in [0.717, 1.165) is 49.9 Å². The summed E-state index contributed by atoms with van der Waals surface area (Å²) in [5, 5.41) is 2.10. The van der Waals surface area contributed by atoms with Gasteiger partial charge < -0.3 is 9.64 Å². The Kier molecular flexibility index (Phi) is 5.95. The second-order valence-electron chi connectivity index (χ2n) is 7.40. The second-order valence-corrected chi connectivity index (χ2v) is 8.40. The van der Waals surface area contributed by atoms with Crippen molar-refractivity contribution in [2.45, 2.75) is 30.9 Å². The van der Waals surface area contributed by atoms with Gasteiger partial charge in [0.1, 0.15) is 0 Å². The van der Waals surface area contributed by atoms with Crippen molar-refractivity contribution in [1.82, 2.24) is 14.8 Å². The van der Waals surface area contributed by atoms with Crippen LogP contribution in [0.15, 0.2) is 35.4 Å². The molecule has 0 bridgehead atoms. The van der Waals surface area contributed by atoms with E-state index in [9.17, 15) is 4.79 Å². The minimum atomic E-state index is 0.212. The number of ether oxygens (including phenoxy) is 1. The summed E-state index contributed by atoms with van der Waals surface area (Å²) in [7, 11) is 0. The van der Waals surface area contributed by atoms with Crippen LogP contribution in [0.3, 0.4) is 0 Å². The van der Waals surface area contributed by atoms with Crippen LogP contribution < -0.4 is 0 Å². The van der Waals surface area contributed by atoms with Gasteiger partial charge in [0.25, 0.3) is 0 Å². The van der Waals surface area contributed by atoms with E-state index in [1.165, 1.54) is 23.8 Å². The van der Waals surface area contributed by atoms with E-state index < -0.39 is 0 Å². The van der Waals surface area contributed by atoms with Gasteiger partial charge in [-0.3, -0.25) is 9.69 Å². The van der Waals surface area contributed by atoms with Crippen LogP contribution in [0.4, 0.5) is 0 Å². The minimum absolute atomic E-state index is 0.212. The Balaban J connectivity index is 1.27. The number of carbonyl (C=O) groups is 1. The Morgan fingerprint density at radius 2 is 2.07 bits per heavy atom. The van der Waals surface area contributed by atoms with E-state index >= 15 is 0 Å². The van der Waals surface area contributed by atoms with Gasteiger partial charge in [0.05, 0.1) is 22.4 Å². The number of hydrogen-bond acceptors (Lipinski definition) is 5. The minimum Gasteiger partial charge on any atom is -0.377 e. The molecule has 2 aliphatic heterocycles. The maximum absolute atomic E-state index is 12.6. The molecule has 3 heterocycles. The SMILES string of the molecule is Cc1cc(SCC(=O)N2CCN(CC3CCCO3)CC2)nc2ccccc12. The van der Waals surface area contributed by atoms with Gasteiger partial charge in [-0.25, -0.2) is 4.98 Å². The first-order valence-corrected chi connectivity index (χ1v) is 10.8. The quantitative estimate of drug-likeness (QED) is 0.741. The molecule has 2 aromatic rings. The summed E-state index contributed by atoms with van der Waals surface area (Å²) in [5.74, 6) is 0.667. The van der Waals surface area contributed by atoms with Crippen LogP contribution in [-0.2, 0) is 9.53 Å². The number of fused-ring (bicyclic) bond motifs is 1. The lowest BCUT2D eigenvalue weighted by atomic mass is 10.1. The summed E-state index contributed by atoms with van der Waals surface area (Å²) < 4.78 is 5.73. The first-order chi connectivity index (χ1) is 13.2. The second kappa shape index (κ2) is 8.59. The first-order valence-electron chi connectivity index (χ1n) is 9.80. The summed E-state index contributed by atoms with van der Waals surface area (Å²) in [6.45, 7) is 7.54. The zero-order valence-corrected chi connectivity index (χ0v) is 16.7. The third kappa shape index (κ3) is 4.62. The molecule has 5 nitrogen and oxygen atoms in total. The number of aryl methyl sites for hydroxylation is 1. The predicted molar refractivity (Wildman–Crippen MR) is 109 cm³/mol. The number of rotatable bonds is 5. The van der Waals surface area contributed by atoms with Crippen molar-refractivity contribution in [1.29, 1.82) is 0 Å². The molecule has 1 aromatic carbocycles. The Hall–Kier alpha value is -1.63. The van der Waals surface area contributed by atoms with Gasteiger partial charge in [-0.1, -0.05) is 30.0 Å². The fraction of sp³-hybridized carbons (Fsp3) is 0.524. The Morgan fingerprint density at radius 1 is 1.26 bits per heavy atom. The van der Waals surface area contributed by atoms with Crippen LogP contribution >= 0.6 is 11.8 Å². The number of benzene rings is 1. The summed E-state index contributed by atoms with van der Waals surface area (Å²) in [5.41, 5.74) is 2.20. The molecule has 1 atom stereocenters. The van der Waals surface area contributed by atoms with Crippen LogP contribution in [0, 0.1) is 6.92 Å². The molecule has 0 radical (unpaired) electrons. The van der Waals surface area contributed by atoms with Crippen molar-refractivity contribution in [2.24, 2.45) is 0 Å². The number of hydrogen-bond donors (Lipinski definition) is 0. The molecule has 1 unspecified atom stereocenters. The maximum atomic E-state index is 12.6. The van der Waals surface area contributed by atoms with Gasteiger partial charge in [0.15, 0.2) is 0 Å². The van der Waals surface area contributed by atoms with Crippen LogP contribution in [-0.4, -0.2) is 71.9 Å². The van der Waals surface area contributed by atoms with Gasteiger partial charge >= 0.3 is 0 Å². The molecule has 0 aliphatic carbocycles. The normalized spacial score (nSPS) is 21.1. The number of para-hydroxylation sites is 1. The molecular weight excluding hydrogens is 358 g/mol. The van der Waals surface area contributed by atoms with Gasteiger partial charge in [-0.2, -0.15) is 0 Å². The molecular formula is C21H27N3O2S. The van der Waals surface area contributed by atoms with Crippen molar-refractivity contribution in [3.05, 3.63) is 35.9 Å². The third-order valence-electron chi connectivity index (χ3n) is 5.45. The highest BCUT2D eigenvalue weighted by atomic mass is 32.2. The van der Waals surface area contributed by atoms with E-state index in [4.69, 9.17) is 9.72 Å². The number of amides is 1. The molecule has 2 saturated heterocycles. The van der Waals surface area contributed by atoms with Crippen LogP contribution in [0.5, 0.6) is 0 Å². The van der Waals surface area contributed by atoms with Gasteiger partial charge in [0.2, 0.25) is 5.91 Å². The summed E-state index contributed by atoms with van der Waals surface area (Å²) >= 11 is 1.54. The predicted octanol–water partition coefficient (Wildman–Crippen LogP) is 2.96. The van der Waals surface area contributed by atoms with Crippen molar-refractivity contribution < 1.29 is 9.53 Å². The molecule has 4 rings (SSSR count). The monoisotopic (exact) mass is 385 g/mol.